The van der Waals surface area contributed by atoms with E-state index in [2.05, 4.69) is 56.3 Å². The van der Waals surface area contributed by atoms with Crippen molar-refractivity contribution in [2.24, 2.45) is 0 Å². The van der Waals surface area contributed by atoms with Crippen molar-refractivity contribution in [2.75, 3.05) is 0 Å². The molecule has 0 atom stereocenters. The molecule has 0 saturated heterocycles. The Morgan fingerprint density at radius 2 is 0.661 bits per heavy atom. The normalized spacial score (nSPS) is 11.3. The molecule has 0 radical (unpaired) electrons. The monoisotopic (exact) mass is 871 g/mol. The highest BCUT2D eigenvalue weighted by molar-refractivity contribution is 7.86. The van der Waals surface area contributed by atoms with Gasteiger partial charge in [-0.1, -0.05) is 285 Å². The molecule has 0 amide bonds. The molecule has 62 heavy (non-hydrogen) atoms. The van der Waals surface area contributed by atoms with Gasteiger partial charge >= 0.3 is 0 Å². The Morgan fingerprint density at radius 3 is 1.05 bits per heavy atom. The van der Waals surface area contributed by atoms with Crippen LogP contribution in [0.3, 0.4) is 0 Å². The molecule has 0 bridgehead atoms. The van der Waals surface area contributed by atoms with Gasteiger partial charge in [-0.25, -0.2) is 0 Å². The van der Waals surface area contributed by atoms with Crippen LogP contribution >= 0.6 is 0 Å². The predicted molar refractivity (Wildman–Crippen MR) is 271 cm³/mol. The number of fused-ring (bicyclic) bond motifs is 2. The van der Waals surface area contributed by atoms with Gasteiger partial charge in [-0.3, -0.25) is 4.55 Å². The number of aryl methyl sites for hydroxylation is 2. The standard InChI is InChI=1S/C28H44O3S.C28H44.CH2O/c1-2-3-4-5-6-7-8-9-10-11-12-13-14-15-16-17-21-26-24-23-25-20-18-19-22-27(25)28(26)32(29,30)31;1-2-3-4-5-6-7-8-9-10-11-12-13-14-15-16-17-21-26-23-20-24-27-22-18-19-25-28(26)27;1-2/h18-20,22-24H,2-17,21H2,1H3,(H,29,30,31);18-20,22-25H,2-17,21H2,1H3;1H2. The Morgan fingerprint density at radius 1 is 0.355 bits per heavy atom. The molecule has 4 nitrogen and oxygen atoms in total. The summed E-state index contributed by atoms with van der Waals surface area (Å²) in [7, 11) is -4.23. The number of unbranched alkanes of at least 4 members (excludes halogenated alkanes) is 30. The van der Waals surface area contributed by atoms with E-state index in [-0.39, 0.29) is 4.90 Å². The zero-order valence-corrected chi connectivity index (χ0v) is 40.7. The topological polar surface area (TPSA) is 71.4 Å². The van der Waals surface area contributed by atoms with Gasteiger partial charge in [0.15, 0.2) is 0 Å². The minimum absolute atomic E-state index is 0.0940. The van der Waals surface area contributed by atoms with Crippen LogP contribution in [-0.4, -0.2) is 19.8 Å². The van der Waals surface area contributed by atoms with Gasteiger partial charge in [-0.15, -0.1) is 0 Å². The van der Waals surface area contributed by atoms with Gasteiger partial charge in [0.05, 0.1) is 0 Å². The number of hydrogen-bond donors (Lipinski definition) is 1. The Labute approximate surface area is 381 Å². The number of carbonyl (C=O) groups is 1. The quantitative estimate of drug-likeness (QED) is 0.0369. The van der Waals surface area contributed by atoms with Gasteiger partial charge in [0.25, 0.3) is 10.1 Å². The molecule has 0 fully saturated rings. The van der Waals surface area contributed by atoms with Crippen molar-refractivity contribution < 1.29 is 17.8 Å². The molecule has 0 saturated carbocycles. The summed E-state index contributed by atoms with van der Waals surface area (Å²) >= 11 is 0. The summed E-state index contributed by atoms with van der Waals surface area (Å²) in [5.74, 6) is 0. The van der Waals surface area contributed by atoms with E-state index in [0.717, 1.165) is 23.8 Å². The van der Waals surface area contributed by atoms with Crippen LogP contribution in [0.4, 0.5) is 0 Å². The Balaban J connectivity index is 0.000000414. The molecular weight excluding hydrogens is 781 g/mol. The van der Waals surface area contributed by atoms with Crippen molar-refractivity contribution in [2.45, 2.75) is 237 Å². The fraction of sp³-hybridized carbons (Fsp3) is 0.632. The van der Waals surface area contributed by atoms with Crippen LogP contribution in [0.15, 0.2) is 83.8 Å². The van der Waals surface area contributed by atoms with Gasteiger partial charge in [-0.2, -0.15) is 8.42 Å². The van der Waals surface area contributed by atoms with Crippen molar-refractivity contribution in [1.82, 2.24) is 0 Å². The summed E-state index contributed by atoms with van der Waals surface area (Å²) in [5, 5.41) is 4.29. The molecule has 4 aromatic rings. The molecule has 0 aliphatic carbocycles. The number of rotatable bonds is 35. The maximum atomic E-state index is 12.0. The lowest BCUT2D eigenvalue weighted by atomic mass is 9.99. The number of benzene rings is 4. The third-order valence-corrected chi connectivity index (χ3v) is 13.7. The summed E-state index contributed by atoms with van der Waals surface area (Å²) in [6.45, 7) is 6.57. The largest absolute Gasteiger partial charge is 0.307 e. The van der Waals surface area contributed by atoms with Gasteiger partial charge < -0.3 is 4.79 Å². The molecule has 0 heterocycles. The number of carbonyl (C=O) groups excluding carboxylic acids is 1. The molecule has 0 aliphatic heterocycles. The van der Waals surface area contributed by atoms with Crippen molar-refractivity contribution in [1.29, 1.82) is 0 Å². The van der Waals surface area contributed by atoms with Crippen LogP contribution in [0.25, 0.3) is 21.5 Å². The summed E-state index contributed by atoms with van der Waals surface area (Å²) < 4.78 is 33.8. The Kier molecular flexibility index (Phi) is 33.2. The van der Waals surface area contributed by atoms with E-state index in [9.17, 15) is 13.0 Å². The van der Waals surface area contributed by atoms with E-state index in [1.54, 1.807) is 6.07 Å². The van der Waals surface area contributed by atoms with E-state index in [4.69, 9.17) is 4.79 Å². The third kappa shape index (κ3) is 25.3. The van der Waals surface area contributed by atoms with Crippen molar-refractivity contribution in [3.05, 3.63) is 90.0 Å². The molecule has 1 N–H and O–H groups in total. The molecule has 0 spiro atoms. The van der Waals surface area contributed by atoms with E-state index in [0.29, 0.717) is 11.8 Å². The zero-order chi connectivity index (χ0) is 44.8. The lowest BCUT2D eigenvalue weighted by Gasteiger charge is -2.11. The Hall–Kier alpha value is -3.02. The average molecular weight is 871 g/mol. The summed E-state index contributed by atoms with van der Waals surface area (Å²) in [6, 6.07) is 26.7. The zero-order valence-electron chi connectivity index (χ0n) is 39.8. The SMILES string of the molecule is C=O.CCCCCCCCCCCCCCCCCCc1ccc2ccccc2c1S(=O)(=O)O.CCCCCCCCCCCCCCCCCCc1cccc2ccccc12. The molecule has 0 aliphatic rings. The first-order valence-electron chi connectivity index (χ1n) is 25.7. The van der Waals surface area contributed by atoms with Gasteiger partial charge in [0.2, 0.25) is 0 Å². The lowest BCUT2D eigenvalue weighted by molar-refractivity contribution is -0.0980. The van der Waals surface area contributed by atoms with Crippen molar-refractivity contribution >= 4 is 38.5 Å². The van der Waals surface area contributed by atoms with Gasteiger partial charge in [0.1, 0.15) is 11.7 Å². The second-order valence-corrected chi connectivity index (χ2v) is 19.4. The van der Waals surface area contributed by atoms with E-state index >= 15 is 0 Å². The number of hydrogen-bond acceptors (Lipinski definition) is 3. The van der Waals surface area contributed by atoms with Crippen LogP contribution in [0.2, 0.25) is 0 Å². The fourth-order valence-corrected chi connectivity index (χ4v) is 9.99. The van der Waals surface area contributed by atoms with E-state index in [1.807, 2.05) is 37.1 Å². The minimum atomic E-state index is -4.23. The highest BCUT2D eigenvalue weighted by Gasteiger charge is 2.19. The van der Waals surface area contributed by atoms with Crippen LogP contribution in [-0.2, 0) is 27.8 Å². The highest BCUT2D eigenvalue weighted by atomic mass is 32.2. The first-order valence-corrected chi connectivity index (χ1v) is 27.1. The first-order chi connectivity index (χ1) is 30.5. The second kappa shape index (κ2) is 37.4. The average Bonchev–Trinajstić information content (AvgIpc) is 3.29. The maximum absolute atomic E-state index is 12.0. The molecule has 4 aromatic carbocycles. The van der Waals surface area contributed by atoms with Crippen LogP contribution < -0.4 is 0 Å². The van der Waals surface area contributed by atoms with Crippen molar-refractivity contribution in [3.8, 4) is 0 Å². The van der Waals surface area contributed by atoms with Gasteiger partial charge in [0, 0.05) is 5.39 Å². The van der Waals surface area contributed by atoms with Crippen molar-refractivity contribution in [3.63, 3.8) is 0 Å². The van der Waals surface area contributed by atoms with Crippen LogP contribution in [0.5, 0.6) is 0 Å². The maximum Gasteiger partial charge on any atom is 0.295 e. The molecule has 0 unspecified atom stereocenters. The van der Waals surface area contributed by atoms with Crippen LogP contribution in [0.1, 0.15) is 230 Å². The predicted octanol–water partition coefficient (Wildman–Crippen LogP) is 18.3. The summed E-state index contributed by atoms with van der Waals surface area (Å²) in [5.41, 5.74) is 2.26. The second-order valence-electron chi connectivity index (χ2n) is 18.0. The smallest absolute Gasteiger partial charge is 0.295 e. The minimum Gasteiger partial charge on any atom is -0.307 e. The first kappa shape index (κ1) is 55.1. The molecule has 0 aromatic heterocycles. The Bertz CT molecular complexity index is 1760. The third-order valence-electron chi connectivity index (χ3n) is 12.7. The van der Waals surface area contributed by atoms with E-state index < -0.39 is 10.1 Å². The fourth-order valence-electron chi connectivity index (χ4n) is 9.03. The summed E-state index contributed by atoms with van der Waals surface area (Å²) in [6.07, 6.45) is 46.1. The molecular formula is C57H90O4S. The summed E-state index contributed by atoms with van der Waals surface area (Å²) in [4.78, 5) is 8.09. The van der Waals surface area contributed by atoms with Crippen LogP contribution in [0, 0.1) is 0 Å². The van der Waals surface area contributed by atoms with Gasteiger partial charge in [-0.05, 0) is 53.0 Å². The van der Waals surface area contributed by atoms with E-state index in [1.165, 1.54) is 215 Å². The molecule has 5 heteroatoms. The lowest BCUT2D eigenvalue weighted by Crippen LogP contribution is -2.04. The highest BCUT2D eigenvalue weighted by Crippen LogP contribution is 2.28. The molecule has 348 valence electrons. The molecule has 4 rings (SSSR count).